The van der Waals surface area contributed by atoms with Crippen molar-refractivity contribution in [3.8, 4) is 0 Å². The number of hydrogen-bond donors (Lipinski definition) is 0. The molecule has 3 rings (SSSR count). The third kappa shape index (κ3) is 2.38. The smallest absolute Gasteiger partial charge is 0.0938 e. The minimum Gasteiger partial charge on any atom is -0.361 e. The van der Waals surface area contributed by atoms with Gasteiger partial charge in [-0.25, -0.2) is 0 Å². The Morgan fingerprint density at radius 1 is 0.737 bits per heavy atom. The maximum Gasteiger partial charge on any atom is 0.0938 e. The summed E-state index contributed by atoms with van der Waals surface area (Å²) in [6.45, 7) is 3.98. The highest BCUT2D eigenvalue weighted by molar-refractivity contribution is 5.64. The lowest BCUT2D eigenvalue weighted by molar-refractivity contribution is 0.494. The molecule has 4 nitrogen and oxygen atoms in total. The van der Waals surface area contributed by atoms with E-state index >= 15 is 0 Å². The van der Waals surface area contributed by atoms with Crippen LogP contribution in [0.25, 0.3) is 0 Å². The molecule has 19 heavy (non-hydrogen) atoms. The van der Waals surface area contributed by atoms with Crippen molar-refractivity contribution in [1.29, 1.82) is 0 Å². The SMILES string of the molecule is Cc1cc(N2C=CN(C)C2)cc(N2C=CN(C)C2)c1. The van der Waals surface area contributed by atoms with Gasteiger partial charge in [0.05, 0.1) is 13.3 Å². The van der Waals surface area contributed by atoms with E-state index in [4.69, 9.17) is 0 Å². The van der Waals surface area contributed by atoms with Gasteiger partial charge in [0.2, 0.25) is 0 Å². The van der Waals surface area contributed by atoms with Crippen molar-refractivity contribution >= 4 is 11.4 Å². The van der Waals surface area contributed by atoms with E-state index in [2.05, 4.69) is 83.6 Å². The molecule has 0 saturated heterocycles. The van der Waals surface area contributed by atoms with Gasteiger partial charge < -0.3 is 19.6 Å². The Morgan fingerprint density at radius 3 is 1.58 bits per heavy atom. The minimum atomic E-state index is 0.915. The Morgan fingerprint density at radius 2 is 1.21 bits per heavy atom. The zero-order valence-electron chi connectivity index (χ0n) is 11.7. The van der Waals surface area contributed by atoms with Gasteiger partial charge in [0, 0.05) is 50.3 Å². The zero-order chi connectivity index (χ0) is 13.4. The van der Waals surface area contributed by atoms with E-state index in [1.54, 1.807) is 0 Å². The van der Waals surface area contributed by atoms with Crippen LogP contribution in [-0.4, -0.2) is 37.2 Å². The molecule has 2 aliphatic rings. The average molecular weight is 256 g/mol. The van der Waals surface area contributed by atoms with Crippen LogP contribution in [-0.2, 0) is 0 Å². The van der Waals surface area contributed by atoms with Gasteiger partial charge in [-0.2, -0.15) is 0 Å². The largest absolute Gasteiger partial charge is 0.361 e. The van der Waals surface area contributed by atoms with Gasteiger partial charge in [-0.05, 0) is 30.7 Å². The molecule has 0 saturated carbocycles. The molecule has 0 bridgehead atoms. The minimum absolute atomic E-state index is 0.915. The molecule has 1 aromatic carbocycles. The second kappa shape index (κ2) is 4.53. The van der Waals surface area contributed by atoms with Gasteiger partial charge in [-0.15, -0.1) is 0 Å². The quantitative estimate of drug-likeness (QED) is 0.805. The molecule has 2 aliphatic heterocycles. The number of nitrogens with zero attached hydrogens (tertiary/aromatic N) is 4. The Bertz CT molecular complexity index is 491. The fraction of sp³-hybridized carbons (Fsp3) is 0.333. The van der Waals surface area contributed by atoms with Crippen LogP contribution in [0.5, 0.6) is 0 Å². The monoisotopic (exact) mass is 256 g/mol. The van der Waals surface area contributed by atoms with Crippen LogP contribution in [0.2, 0.25) is 0 Å². The predicted molar refractivity (Wildman–Crippen MR) is 79.7 cm³/mol. The summed E-state index contributed by atoms with van der Waals surface area (Å²) in [6.07, 6.45) is 8.46. The molecule has 0 unspecified atom stereocenters. The lowest BCUT2D eigenvalue weighted by Gasteiger charge is -2.23. The molecular weight excluding hydrogens is 236 g/mol. The lowest BCUT2D eigenvalue weighted by atomic mass is 10.1. The zero-order valence-corrected chi connectivity index (χ0v) is 11.7. The van der Waals surface area contributed by atoms with Crippen LogP contribution in [0.1, 0.15) is 5.56 Å². The van der Waals surface area contributed by atoms with Gasteiger partial charge in [-0.3, -0.25) is 0 Å². The summed E-state index contributed by atoms with van der Waals surface area (Å²) in [7, 11) is 4.18. The third-order valence-corrected chi connectivity index (χ3v) is 3.46. The van der Waals surface area contributed by atoms with E-state index in [9.17, 15) is 0 Å². The van der Waals surface area contributed by atoms with E-state index in [1.807, 2.05) is 0 Å². The number of aryl methyl sites for hydroxylation is 1. The molecule has 1 aromatic rings. The van der Waals surface area contributed by atoms with Crippen molar-refractivity contribution in [2.75, 3.05) is 37.2 Å². The molecule has 100 valence electrons. The summed E-state index contributed by atoms with van der Waals surface area (Å²) in [6, 6.07) is 6.72. The molecule has 0 fully saturated rings. The number of rotatable bonds is 2. The fourth-order valence-electron chi connectivity index (χ4n) is 2.47. The van der Waals surface area contributed by atoms with Crippen molar-refractivity contribution in [2.45, 2.75) is 6.92 Å². The Balaban J connectivity index is 1.88. The number of anilines is 2. The number of hydrogen-bond acceptors (Lipinski definition) is 4. The van der Waals surface area contributed by atoms with E-state index in [-0.39, 0.29) is 0 Å². The maximum absolute atomic E-state index is 2.26. The normalized spacial score (nSPS) is 18.1. The van der Waals surface area contributed by atoms with Crippen molar-refractivity contribution in [3.05, 3.63) is 48.6 Å². The first-order chi connectivity index (χ1) is 9.11. The van der Waals surface area contributed by atoms with E-state index in [0.29, 0.717) is 0 Å². The van der Waals surface area contributed by atoms with Crippen LogP contribution in [0, 0.1) is 6.92 Å². The van der Waals surface area contributed by atoms with E-state index in [1.165, 1.54) is 16.9 Å². The molecule has 4 heteroatoms. The second-order valence-corrected chi connectivity index (χ2v) is 5.36. The van der Waals surface area contributed by atoms with Gasteiger partial charge in [0.15, 0.2) is 0 Å². The molecule has 0 aliphatic carbocycles. The van der Waals surface area contributed by atoms with Gasteiger partial charge >= 0.3 is 0 Å². The maximum atomic E-state index is 2.26. The highest BCUT2D eigenvalue weighted by Gasteiger charge is 2.15. The van der Waals surface area contributed by atoms with Crippen LogP contribution in [0.3, 0.4) is 0 Å². The Labute approximate surface area is 114 Å². The fourth-order valence-corrected chi connectivity index (χ4v) is 2.47. The summed E-state index contributed by atoms with van der Waals surface area (Å²) in [5, 5.41) is 0. The molecule has 0 radical (unpaired) electrons. The van der Waals surface area contributed by atoms with Gasteiger partial charge in [-0.1, -0.05) is 0 Å². The molecule has 0 aromatic heterocycles. The van der Waals surface area contributed by atoms with Crippen molar-refractivity contribution in [2.24, 2.45) is 0 Å². The topological polar surface area (TPSA) is 13.0 Å². The lowest BCUT2D eigenvalue weighted by Crippen LogP contribution is -2.23. The van der Waals surface area contributed by atoms with Crippen LogP contribution < -0.4 is 9.80 Å². The van der Waals surface area contributed by atoms with Crippen LogP contribution in [0.4, 0.5) is 11.4 Å². The molecule has 0 atom stereocenters. The first-order valence-corrected chi connectivity index (χ1v) is 6.54. The second-order valence-electron chi connectivity index (χ2n) is 5.36. The first kappa shape index (κ1) is 12.0. The molecule has 0 N–H and O–H groups in total. The van der Waals surface area contributed by atoms with Gasteiger partial charge in [0.1, 0.15) is 0 Å². The Kier molecular flexibility index (Phi) is 2.85. The molecule has 0 amide bonds. The standard InChI is InChI=1S/C15H20N4/c1-13-8-14(18-6-4-16(2)11-18)10-15(9-13)19-7-5-17(3)12-19/h4-10H,11-12H2,1-3H3. The van der Waals surface area contributed by atoms with E-state index in [0.717, 1.165) is 13.3 Å². The van der Waals surface area contributed by atoms with Crippen molar-refractivity contribution < 1.29 is 0 Å². The third-order valence-electron chi connectivity index (χ3n) is 3.46. The van der Waals surface area contributed by atoms with E-state index < -0.39 is 0 Å². The highest BCUT2D eigenvalue weighted by atomic mass is 15.3. The molecule has 2 heterocycles. The predicted octanol–water partition coefficient (Wildman–Crippen LogP) is 2.36. The number of benzene rings is 1. The summed E-state index contributed by atoms with van der Waals surface area (Å²) in [5.74, 6) is 0. The van der Waals surface area contributed by atoms with Gasteiger partial charge in [0.25, 0.3) is 0 Å². The van der Waals surface area contributed by atoms with Crippen molar-refractivity contribution in [3.63, 3.8) is 0 Å². The first-order valence-electron chi connectivity index (χ1n) is 6.54. The molecule has 0 spiro atoms. The van der Waals surface area contributed by atoms with Crippen molar-refractivity contribution in [1.82, 2.24) is 9.80 Å². The van der Waals surface area contributed by atoms with Crippen LogP contribution >= 0.6 is 0 Å². The summed E-state index contributed by atoms with van der Waals surface area (Å²) in [4.78, 5) is 8.87. The van der Waals surface area contributed by atoms with Crippen LogP contribution in [0.15, 0.2) is 43.0 Å². The average Bonchev–Trinajstić information content (AvgIpc) is 2.97. The summed E-state index contributed by atoms with van der Waals surface area (Å²) < 4.78 is 0. The molecular formula is C15H20N4. The summed E-state index contributed by atoms with van der Waals surface area (Å²) >= 11 is 0. The highest BCUT2D eigenvalue weighted by Crippen LogP contribution is 2.28. The Hall–Kier alpha value is -2.10. The summed E-state index contributed by atoms with van der Waals surface area (Å²) in [5.41, 5.74) is 3.79.